The summed E-state index contributed by atoms with van der Waals surface area (Å²) < 4.78 is 0.922. The number of benzene rings is 2. The number of nitrogens with one attached hydrogen (secondary N) is 1. The molecule has 2 aromatic carbocycles. The van der Waals surface area contributed by atoms with E-state index in [1.54, 1.807) is 30.3 Å². The molecular formula is C15H14BrN3O2. The van der Waals surface area contributed by atoms with Crippen molar-refractivity contribution in [2.45, 2.75) is 6.54 Å². The largest absolute Gasteiger partial charge is 0.409 e. The van der Waals surface area contributed by atoms with Gasteiger partial charge in [-0.05, 0) is 35.9 Å². The highest BCUT2D eigenvalue weighted by Gasteiger charge is 2.06. The van der Waals surface area contributed by atoms with Gasteiger partial charge in [0.05, 0.1) is 0 Å². The first-order valence-corrected chi connectivity index (χ1v) is 7.00. The Morgan fingerprint density at radius 3 is 2.57 bits per heavy atom. The lowest BCUT2D eigenvalue weighted by Crippen LogP contribution is -2.23. The highest BCUT2D eigenvalue weighted by Crippen LogP contribution is 2.11. The number of oxime groups is 1. The first kappa shape index (κ1) is 15.1. The average molecular weight is 348 g/mol. The fraction of sp³-hybridized carbons (Fsp3) is 0.0667. The van der Waals surface area contributed by atoms with E-state index in [1.807, 2.05) is 18.2 Å². The van der Waals surface area contributed by atoms with Gasteiger partial charge < -0.3 is 16.3 Å². The lowest BCUT2D eigenvalue weighted by molar-refractivity contribution is 0.0951. The molecule has 2 aromatic rings. The third-order valence-corrected chi connectivity index (χ3v) is 3.42. The summed E-state index contributed by atoms with van der Waals surface area (Å²) in [7, 11) is 0. The predicted octanol–water partition coefficient (Wildman–Crippen LogP) is 2.47. The molecule has 2 rings (SSSR count). The minimum atomic E-state index is -0.156. The van der Waals surface area contributed by atoms with Crippen molar-refractivity contribution in [3.05, 3.63) is 69.7 Å². The van der Waals surface area contributed by atoms with E-state index >= 15 is 0 Å². The lowest BCUT2D eigenvalue weighted by Gasteiger charge is -2.07. The van der Waals surface area contributed by atoms with Crippen LogP contribution in [-0.2, 0) is 6.54 Å². The number of halogens is 1. The maximum absolute atomic E-state index is 12.0. The van der Waals surface area contributed by atoms with Gasteiger partial charge in [0.25, 0.3) is 5.91 Å². The second-order valence-electron chi connectivity index (χ2n) is 4.38. The van der Waals surface area contributed by atoms with Crippen molar-refractivity contribution in [2.75, 3.05) is 0 Å². The Morgan fingerprint density at radius 1 is 1.19 bits per heavy atom. The van der Waals surface area contributed by atoms with Crippen LogP contribution < -0.4 is 11.1 Å². The highest BCUT2D eigenvalue weighted by molar-refractivity contribution is 9.10. The van der Waals surface area contributed by atoms with Gasteiger partial charge >= 0.3 is 0 Å². The van der Waals surface area contributed by atoms with Crippen LogP contribution in [0.2, 0.25) is 0 Å². The van der Waals surface area contributed by atoms with Crippen LogP contribution in [0.5, 0.6) is 0 Å². The molecule has 0 unspecified atom stereocenters. The molecule has 0 bridgehead atoms. The summed E-state index contributed by atoms with van der Waals surface area (Å²) in [5.41, 5.74) is 7.59. The third kappa shape index (κ3) is 4.06. The fourth-order valence-corrected chi connectivity index (χ4v) is 2.05. The van der Waals surface area contributed by atoms with E-state index in [1.165, 1.54) is 0 Å². The average Bonchev–Trinajstić information content (AvgIpc) is 2.52. The Kier molecular flexibility index (Phi) is 4.94. The number of carbonyl (C=O) groups is 1. The van der Waals surface area contributed by atoms with Crippen molar-refractivity contribution < 1.29 is 10.0 Å². The summed E-state index contributed by atoms with van der Waals surface area (Å²) in [5.74, 6) is -0.118. The number of amides is 1. The molecule has 6 heteroatoms. The zero-order chi connectivity index (χ0) is 15.2. The number of amidine groups is 1. The van der Waals surface area contributed by atoms with Gasteiger partial charge in [-0.3, -0.25) is 4.79 Å². The molecule has 108 valence electrons. The first-order valence-electron chi connectivity index (χ1n) is 6.21. The van der Waals surface area contributed by atoms with E-state index in [0.29, 0.717) is 17.7 Å². The Labute approximate surface area is 130 Å². The van der Waals surface area contributed by atoms with Gasteiger partial charge in [-0.25, -0.2) is 0 Å². The molecule has 0 aromatic heterocycles. The van der Waals surface area contributed by atoms with E-state index in [-0.39, 0.29) is 11.7 Å². The van der Waals surface area contributed by atoms with Gasteiger partial charge in [0.2, 0.25) is 0 Å². The first-order chi connectivity index (χ1) is 10.1. The number of nitrogens with two attached hydrogens (primary N) is 1. The molecule has 0 aliphatic carbocycles. The topological polar surface area (TPSA) is 87.7 Å². The molecule has 0 spiro atoms. The van der Waals surface area contributed by atoms with Crippen molar-refractivity contribution in [2.24, 2.45) is 10.9 Å². The number of carbonyl (C=O) groups excluding carboxylic acids is 1. The number of rotatable bonds is 4. The van der Waals surface area contributed by atoms with Gasteiger partial charge in [-0.1, -0.05) is 39.3 Å². The van der Waals surface area contributed by atoms with E-state index < -0.39 is 0 Å². The van der Waals surface area contributed by atoms with E-state index in [9.17, 15) is 4.79 Å². The zero-order valence-corrected chi connectivity index (χ0v) is 12.7. The molecule has 0 aliphatic heterocycles. The second-order valence-corrected chi connectivity index (χ2v) is 5.29. The Morgan fingerprint density at radius 2 is 1.90 bits per heavy atom. The maximum atomic E-state index is 12.0. The van der Waals surface area contributed by atoms with Crippen LogP contribution >= 0.6 is 15.9 Å². The van der Waals surface area contributed by atoms with Crippen molar-refractivity contribution in [1.29, 1.82) is 0 Å². The molecule has 0 saturated carbocycles. The van der Waals surface area contributed by atoms with Crippen LogP contribution in [0.3, 0.4) is 0 Å². The normalized spacial score (nSPS) is 11.2. The molecule has 4 N–H and O–H groups in total. The molecule has 0 radical (unpaired) electrons. The van der Waals surface area contributed by atoms with Crippen molar-refractivity contribution in [3.8, 4) is 0 Å². The van der Waals surface area contributed by atoms with Gasteiger partial charge in [-0.2, -0.15) is 0 Å². The van der Waals surface area contributed by atoms with Crippen molar-refractivity contribution >= 4 is 27.7 Å². The fourth-order valence-electron chi connectivity index (χ4n) is 1.78. The molecular weight excluding hydrogens is 334 g/mol. The predicted molar refractivity (Wildman–Crippen MR) is 84.3 cm³/mol. The standard InChI is InChI=1S/C15H14BrN3O2/c16-13-6-4-11(5-7-13)15(20)18-9-10-2-1-3-12(8-10)14(17)19-21/h1-8,21H,9H2,(H2,17,19)(H,18,20). The Bertz CT molecular complexity index is 669. The molecule has 0 saturated heterocycles. The Hall–Kier alpha value is -2.34. The SMILES string of the molecule is NC(=NO)c1cccc(CNC(=O)c2ccc(Br)cc2)c1. The molecule has 0 atom stereocenters. The van der Waals surface area contributed by atoms with Crippen LogP contribution in [0.15, 0.2) is 58.2 Å². The maximum Gasteiger partial charge on any atom is 0.251 e. The minimum Gasteiger partial charge on any atom is -0.409 e. The van der Waals surface area contributed by atoms with Crippen molar-refractivity contribution in [1.82, 2.24) is 5.32 Å². The Balaban J connectivity index is 2.03. The van der Waals surface area contributed by atoms with Gasteiger partial charge in [0.1, 0.15) is 0 Å². The summed E-state index contributed by atoms with van der Waals surface area (Å²) in [5, 5.41) is 14.4. The van der Waals surface area contributed by atoms with E-state index in [4.69, 9.17) is 10.9 Å². The molecule has 5 nitrogen and oxygen atoms in total. The number of hydrogen-bond donors (Lipinski definition) is 3. The third-order valence-electron chi connectivity index (χ3n) is 2.89. The summed E-state index contributed by atoms with van der Waals surface area (Å²) in [4.78, 5) is 12.0. The smallest absolute Gasteiger partial charge is 0.251 e. The summed E-state index contributed by atoms with van der Waals surface area (Å²) in [6.07, 6.45) is 0. The molecule has 21 heavy (non-hydrogen) atoms. The van der Waals surface area contributed by atoms with Crippen LogP contribution in [-0.4, -0.2) is 17.0 Å². The van der Waals surface area contributed by atoms with Gasteiger partial charge in [0.15, 0.2) is 5.84 Å². The van der Waals surface area contributed by atoms with Crippen LogP contribution in [0.1, 0.15) is 21.5 Å². The van der Waals surface area contributed by atoms with Gasteiger partial charge in [0, 0.05) is 22.1 Å². The van der Waals surface area contributed by atoms with E-state index in [2.05, 4.69) is 26.4 Å². The van der Waals surface area contributed by atoms with Crippen LogP contribution in [0, 0.1) is 0 Å². The lowest BCUT2D eigenvalue weighted by atomic mass is 10.1. The quantitative estimate of drug-likeness (QED) is 0.343. The molecule has 0 aliphatic rings. The van der Waals surface area contributed by atoms with E-state index in [0.717, 1.165) is 10.0 Å². The monoisotopic (exact) mass is 347 g/mol. The zero-order valence-electron chi connectivity index (χ0n) is 11.1. The molecule has 0 fully saturated rings. The summed E-state index contributed by atoms with van der Waals surface area (Å²) >= 11 is 3.32. The summed E-state index contributed by atoms with van der Waals surface area (Å²) in [6, 6.07) is 14.2. The van der Waals surface area contributed by atoms with Gasteiger partial charge in [-0.15, -0.1) is 0 Å². The molecule has 0 heterocycles. The highest BCUT2D eigenvalue weighted by atomic mass is 79.9. The van der Waals surface area contributed by atoms with Crippen molar-refractivity contribution in [3.63, 3.8) is 0 Å². The number of hydrogen-bond acceptors (Lipinski definition) is 3. The summed E-state index contributed by atoms with van der Waals surface area (Å²) in [6.45, 7) is 0.363. The minimum absolute atomic E-state index is 0.0380. The second kappa shape index (κ2) is 6.90. The molecule has 1 amide bonds. The van der Waals surface area contributed by atoms with Crippen LogP contribution in [0.25, 0.3) is 0 Å². The number of nitrogens with zero attached hydrogens (tertiary/aromatic N) is 1. The van der Waals surface area contributed by atoms with Crippen LogP contribution in [0.4, 0.5) is 0 Å².